The van der Waals surface area contributed by atoms with Crippen molar-refractivity contribution in [3.05, 3.63) is 23.9 Å². The van der Waals surface area contributed by atoms with Gasteiger partial charge >= 0.3 is 0 Å². The number of sulfone groups is 1. The van der Waals surface area contributed by atoms with Crippen LogP contribution in [0.25, 0.3) is 0 Å². The van der Waals surface area contributed by atoms with Gasteiger partial charge < -0.3 is 4.74 Å². The first kappa shape index (κ1) is 14.5. The van der Waals surface area contributed by atoms with Crippen LogP contribution in [0.2, 0.25) is 0 Å². The maximum atomic E-state index is 12.7. The van der Waals surface area contributed by atoms with Gasteiger partial charge in [-0.3, -0.25) is 4.79 Å². The molecule has 0 amide bonds. The first-order valence-corrected chi connectivity index (χ1v) is 8.91. The molecule has 0 radical (unpaired) electrons. The Labute approximate surface area is 124 Å². The zero-order valence-electron chi connectivity index (χ0n) is 12.0. The van der Waals surface area contributed by atoms with E-state index in [0.717, 1.165) is 6.42 Å². The highest BCUT2D eigenvalue weighted by Gasteiger charge is 2.46. The van der Waals surface area contributed by atoms with Crippen molar-refractivity contribution in [3.63, 3.8) is 0 Å². The Morgan fingerprint density at radius 3 is 2.57 bits per heavy atom. The van der Waals surface area contributed by atoms with Crippen LogP contribution in [0.1, 0.15) is 42.5 Å². The summed E-state index contributed by atoms with van der Waals surface area (Å²) < 4.78 is 29.7. The van der Waals surface area contributed by atoms with E-state index in [1.165, 1.54) is 7.11 Å². The van der Waals surface area contributed by atoms with E-state index in [2.05, 4.69) is 4.98 Å². The Kier molecular flexibility index (Phi) is 3.73. The summed E-state index contributed by atoms with van der Waals surface area (Å²) in [5, 5.41) is -0.691. The van der Waals surface area contributed by atoms with Gasteiger partial charge in [-0.15, -0.1) is 0 Å². The van der Waals surface area contributed by atoms with E-state index in [1.807, 2.05) is 0 Å². The third kappa shape index (κ3) is 2.46. The molecule has 2 aliphatic heterocycles. The molecule has 2 atom stereocenters. The predicted molar refractivity (Wildman–Crippen MR) is 78.2 cm³/mol. The summed E-state index contributed by atoms with van der Waals surface area (Å²) >= 11 is 0. The molecule has 0 aliphatic carbocycles. The molecule has 1 aromatic heterocycles. The number of Topliss-reactive ketones (excluding diaryl/α,β-unsaturated/α-hetero) is 1. The lowest BCUT2D eigenvalue weighted by Gasteiger charge is -2.38. The molecule has 3 rings (SSSR count). The highest BCUT2D eigenvalue weighted by Crippen LogP contribution is 2.40. The molecule has 2 bridgehead atoms. The third-order valence-electron chi connectivity index (χ3n) is 4.68. The van der Waals surface area contributed by atoms with E-state index in [4.69, 9.17) is 4.74 Å². The molecule has 6 heteroatoms. The highest BCUT2D eigenvalue weighted by atomic mass is 32.2. The summed E-state index contributed by atoms with van der Waals surface area (Å²) in [4.78, 5) is 16.8. The van der Waals surface area contributed by atoms with Crippen molar-refractivity contribution >= 4 is 15.6 Å². The number of pyridine rings is 1. The fraction of sp³-hybridized carbons (Fsp3) is 0.600. The standard InChI is InChI=1S/C15H19NO4S/c1-20-15-13(6-3-7-16-15)14(17)10-8-11-4-2-5-12(9-10)21(11,18)19/h3,6-7,10-12H,2,4-5,8-9H2,1H3. The summed E-state index contributed by atoms with van der Waals surface area (Å²) in [6.07, 6.45) is 4.78. The number of hydrogen-bond acceptors (Lipinski definition) is 5. The van der Waals surface area contributed by atoms with E-state index in [1.54, 1.807) is 18.3 Å². The SMILES string of the molecule is COc1ncccc1C(=O)C1CC2CCCC(C1)S2(=O)=O. The molecule has 0 aromatic carbocycles. The van der Waals surface area contributed by atoms with Crippen LogP contribution in [0.15, 0.2) is 18.3 Å². The molecule has 5 nitrogen and oxygen atoms in total. The number of methoxy groups -OCH3 is 1. The van der Waals surface area contributed by atoms with Crippen molar-refractivity contribution in [1.29, 1.82) is 0 Å². The quantitative estimate of drug-likeness (QED) is 0.799. The van der Waals surface area contributed by atoms with Crippen LogP contribution >= 0.6 is 0 Å². The van der Waals surface area contributed by atoms with Gasteiger partial charge in [-0.2, -0.15) is 0 Å². The van der Waals surface area contributed by atoms with Gasteiger partial charge in [-0.05, 0) is 37.8 Å². The number of nitrogens with zero attached hydrogens (tertiary/aromatic N) is 1. The molecular weight excluding hydrogens is 290 g/mol. The van der Waals surface area contributed by atoms with Crippen molar-refractivity contribution in [2.24, 2.45) is 5.92 Å². The minimum Gasteiger partial charge on any atom is -0.480 e. The number of aromatic nitrogens is 1. The number of fused-ring (bicyclic) bond motifs is 2. The summed E-state index contributed by atoms with van der Waals surface area (Å²) in [6.45, 7) is 0. The first-order chi connectivity index (χ1) is 10.0. The van der Waals surface area contributed by atoms with Crippen LogP contribution in [0, 0.1) is 5.92 Å². The largest absolute Gasteiger partial charge is 0.480 e. The van der Waals surface area contributed by atoms with Gasteiger partial charge in [-0.1, -0.05) is 6.42 Å². The minimum atomic E-state index is -3.03. The normalized spacial score (nSPS) is 30.6. The topological polar surface area (TPSA) is 73.3 Å². The molecular formula is C15H19NO4S. The number of ether oxygens (including phenoxy) is 1. The van der Waals surface area contributed by atoms with Gasteiger partial charge in [0.2, 0.25) is 5.88 Å². The summed E-state index contributed by atoms with van der Waals surface area (Å²) in [5.74, 6) is 0.0507. The van der Waals surface area contributed by atoms with Gasteiger partial charge in [0.25, 0.3) is 0 Å². The van der Waals surface area contributed by atoms with Gasteiger partial charge in [0.15, 0.2) is 15.6 Å². The van der Waals surface area contributed by atoms with Crippen molar-refractivity contribution in [2.75, 3.05) is 7.11 Å². The lowest BCUT2D eigenvalue weighted by atomic mass is 9.84. The Hall–Kier alpha value is -1.43. The minimum absolute atomic E-state index is 0.0354. The van der Waals surface area contributed by atoms with E-state index in [0.29, 0.717) is 37.1 Å². The zero-order chi connectivity index (χ0) is 15.0. The number of ketones is 1. The zero-order valence-corrected chi connectivity index (χ0v) is 12.8. The molecule has 2 fully saturated rings. The first-order valence-electron chi connectivity index (χ1n) is 7.30. The number of carbonyl (C=O) groups is 1. The lowest BCUT2D eigenvalue weighted by Crippen LogP contribution is -2.45. The van der Waals surface area contributed by atoms with Crippen molar-refractivity contribution < 1.29 is 17.9 Å². The van der Waals surface area contributed by atoms with Crippen molar-refractivity contribution in [1.82, 2.24) is 4.98 Å². The molecule has 2 aliphatic rings. The van der Waals surface area contributed by atoms with Crippen LogP contribution < -0.4 is 4.74 Å². The predicted octanol–water partition coefficient (Wildman–Crippen LogP) is 2.02. The average molecular weight is 309 g/mol. The second-order valence-corrected chi connectivity index (χ2v) is 8.37. The van der Waals surface area contributed by atoms with Crippen LogP contribution in [-0.2, 0) is 9.84 Å². The molecule has 21 heavy (non-hydrogen) atoms. The number of rotatable bonds is 3. The molecule has 0 N–H and O–H groups in total. The van der Waals surface area contributed by atoms with E-state index >= 15 is 0 Å². The number of hydrogen-bond donors (Lipinski definition) is 0. The Morgan fingerprint density at radius 1 is 1.29 bits per heavy atom. The molecule has 0 saturated carbocycles. The Morgan fingerprint density at radius 2 is 1.95 bits per heavy atom. The third-order valence-corrected chi connectivity index (χ3v) is 7.39. The second kappa shape index (κ2) is 5.40. The average Bonchev–Trinajstić information content (AvgIpc) is 2.45. The summed E-state index contributed by atoms with van der Waals surface area (Å²) in [6, 6.07) is 3.41. The van der Waals surface area contributed by atoms with Crippen molar-refractivity contribution in [3.8, 4) is 5.88 Å². The fourth-order valence-electron chi connectivity index (χ4n) is 3.58. The smallest absolute Gasteiger partial charge is 0.224 e. The van der Waals surface area contributed by atoms with Crippen LogP contribution in [0.3, 0.4) is 0 Å². The maximum Gasteiger partial charge on any atom is 0.224 e. The van der Waals surface area contributed by atoms with Gasteiger partial charge in [0.05, 0.1) is 23.2 Å². The van der Waals surface area contributed by atoms with Crippen LogP contribution in [0.4, 0.5) is 0 Å². The maximum absolute atomic E-state index is 12.7. The molecule has 1 aromatic rings. The van der Waals surface area contributed by atoms with Gasteiger partial charge in [0, 0.05) is 12.1 Å². The molecule has 0 spiro atoms. The highest BCUT2D eigenvalue weighted by molar-refractivity contribution is 7.92. The molecule has 3 heterocycles. The molecule has 114 valence electrons. The van der Waals surface area contributed by atoms with E-state index in [9.17, 15) is 13.2 Å². The Balaban J connectivity index is 1.87. The summed E-state index contributed by atoms with van der Waals surface area (Å²) in [7, 11) is -1.54. The molecule has 2 saturated heterocycles. The van der Waals surface area contributed by atoms with Gasteiger partial charge in [0.1, 0.15) is 0 Å². The second-order valence-electron chi connectivity index (χ2n) is 5.86. The van der Waals surface area contributed by atoms with E-state index in [-0.39, 0.29) is 22.2 Å². The number of carbonyl (C=O) groups excluding carboxylic acids is 1. The van der Waals surface area contributed by atoms with E-state index < -0.39 is 9.84 Å². The van der Waals surface area contributed by atoms with Crippen LogP contribution in [-0.4, -0.2) is 36.8 Å². The van der Waals surface area contributed by atoms with Crippen LogP contribution in [0.5, 0.6) is 5.88 Å². The lowest BCUT2D eigenvalue weighted by molar-refractivity contribution is 0.0890. The molecule has 2 unspecified atom stereocenters. The summed E-state index contributed by atoms with van der Waals surface area (Å²) in [5.41, 5.74) is 0.461. The van der Waals surface area contributed by atoms with Gasteiger partial charge in [-0.25, -0.2) is 13.4 Å². The van der Waals surface area contributed by atoms with Crippen molar-refractivity contribution in [2.45, 2.75) is 42.6 Å². The fourth-order valence-corrected chi connectivity index (χ4v) is 6.12. The Bertz CT molecular complexity index is 635. The monoisotopic (exact) mass is 309 g/mol.